The molecule has 1 aromatic heterocycles. The third-order valence-corrected chi connectivity index (χ3v) is 4.10. The second-order valence-corrected chi connectivity index (χ2v) is 6.06. The van der Waals surface area contributed by atoms with Crippen molar-refractivity contribution in [3.63, 3.8) is 0 Å². The van der Waals surface area contributed by atoms with Gasteiger partial charge < -0.3 is 10.8 Å². The quantitative estimate of drug-likeness (QED) is 0.574. The van der Waals surface area contributed by atoms with Crippen LogP contribution in [-0.2, 0) is 4.79 Å². The van der Waals surface area contributed by atoms with Crippen LogP contribution in [0.15, 0.2) is 29.2 Å². The van der Waals surface area contributed by atoms with Crippen LogP contribution in [0.3, 0.4) is 0 Å². The van der Waals surface area contributed by atoms with Crippen LogP contribution in [0.4, 0.5) is 5.13 Å². The lowest BCUT2D eigenvalue weighted by Gasteiger charge is -2.08. The van der Waals surface area contributed by atoms with Gasteiger partial charge in [0.2, 0.25) is 0 Å². The van der Waals surface area contributed by atoms with Gasteiger partial charge in [0.15, 0.2) is 5.13 Å². The molecular formula is C17H18N4OS. The lowest BCUT2D eigenvalue weighted by Crippen LogP contribution is -2.15. The summed E-state index contributed by atoms with van der Waals surface area (Å²) >= 11 is 1.34. The highest BCUT2D eigenvalue weighted by Crippen LogP contribution is 2.31. The number of benzene rings is 1. The standard InChI is InChI=1S/C17H18N4OS/c1-10-6-11(2)15(12(3)7-10)14-9-23-17(20-14)21-16(22)13(8-19)4-5-18/h4-9,18-19H,1-3H3,(H,20,21,22)/b13-4+,18-5?,19-8?. The molecule has 1 heterocycles. The normalized spacial score (nSPS) is 11.2. The van der Waals surface area contributed by atoms with Crippen molar-refractivity contribution in [1.82, 2.24) is 4.98 Å². The fourth-order valence-corrected chi connectivity index (χ4v) is 3.17. The predicted octanol–water partition coefficient (Wildman–Crippen LogP) is 3.90. The predicted molar refractivity (Wildman–Crippen MR) is 96.0 cm³/mol. The Morgan fingerprint density at radius 2 is 1.87 bits per heavy atom. The summed E-state index contributed by atoms with van der Waals surface area (Å²) < 4.78 is 0. The highest BCUT2D eigenvalue weighted by Gasteiger charge is 2.13. The summed E-state index contributed by atoms with van der Waals surface area (Å²) in [6, 6.07) is 4.22. The van der Waals surface area contributed by atoms with Gasteiger partial charge >= 0.3 is 0 Å². The second kappa shape index (κ2) is 7.11. The number of hydrogen-bond donors (Lipinski definition) is 3. The third kappa shape index (κ3) is 3.78. The molecule has 0 unspecified atom stereocenters. The highest BCUT2D eigenvalue weighted by atomic mass is 32.1. The van der Waals surface area contributed by atoms with Crippen LogP contribution in [0, 0.1) is 31.6 Å². The number of anilines is 1. The highest BCUT2D eigenvalue weighted by molar-refractivity contribution is 7.14. The third-order valence-electron chi connectivity index (χ3n) is 3.34. The van der Waals surface area contributed by atoms with Crippen molar-refractivity contribution in [2.45, 2.75) is 20.8 Å². The van der Waals surface area contributed by atoms with Gasteiger partial charge in [-0.3, -0.25) is 10.1 Å². The van der Waals surface area contributed by atoms with Gasteiger partial charge in [-0.2, -0.15) is 0 Å². The van der Waals surface area contributed by atoms with Crippen molar-refractivity contribution in [1.29, 1.82) is 10.8 Å². The number of nitrogens with one attached hydrogen (secondary N) is 3. The van der Waals surface area contributed by atoms with Crippen molar-refractivity contribution < 1.29 is 4.79 Å². The van der Waals surface area contributed by atoms with Crippen molar-refractivity contribution >= 4 is 34.8 Å². The maximum atomic E-state index is 12.0. The molecular weight excluding hydrogens is 308 g/mol. The van der Waals surface area contributed by atoms with E-state index >= 15 is 0 Å². The minimum absolute atomic E-state index is 0.111. The molecule has 23 heavy (non-hydrogen) atoms. The molecule has 0 bridgehead atoms. The number of aromatic nitrogens is 1. The molecule has 0 saturated heterocycles. The van der Waals surface area contributed by atoms with E-state index in [0.717, 1.165) is 34.8 Å². The number of aryl methyl sites for hydroxylation is 3. The fraction of sp³-hybridized carbons (Fsp3) is 0.176. The molecule has 3 N–H and O–H groups in total. The molecule has 2 rings (SSSR count). The summed E-state index contributed by atoms with van der Waals surface area (Å²) in [7, 11) is 0. The van der Waals surface area contributed by atoms with E-state index in [1.54, 1.807) is 0 Å². The van der Waals surface area contributed by atoms with E-state index in [1.165, 1.54) is 23.0 Å². The Labute approximate surface area is 139 Å². The van der Waals surface area contributed by atoms with Gasteiger partial charge in [-0.05, 0) is 38.0 Å². The number of thiazole rings is 1. The van der Waals surface area contributed by atoms with Crippen molar-refractivity contribution in [2.75, 3.05) is 5.32 Å². The summed E-state index contributed by atoms with van der Waals surface area (Å²) in [5.41, 5.74) is 5.52. The number of carbonyl (C=O) groups excluding carboxylic acids is 1. The van der Waals surface area contributed by atoms with Gasteiger partial charge in [-0.15, -0.1) is 11.3 Å². The van der Waals surface area contributed by atoms with Crippen LogP contribution in [0.2, 0.25) is 0 Å². The number of rotatable bonds is 5. The smallest absolute Gasteiger partial charge is 0.259 e. The number of allylic oxidation sites excluding steroid dienone is 1. The van der Waals surface area contributed by atoms with E-state index in [4.69, 9.17) is 10.8 Å². The minimum Gasteiger partial charge on any atom is -0.309 e. The molecule has 0 radical (unpaired) electrons. The van der Waals surface area contributed by atoms with E-state index in [1.807, 2.05) is 19.2 Å². The molecule has 118 valence electrons. The largest absolute Gasteiger partial charge is 0.309 e. The average molecular weight is 326 g/mol. The SMILES string of the molecule is Cc1cc(C)c(-c2csc(NC(=O)/C(C=N)=C/C=N)n2)c(C)c1. The molecule has 2 aromatic rings. The van der Waals surface area contributed by atoms with Gasteiger partial charge in [0.1, 0.15) is 0 Å². The molecule has 1 amide bonds. The number of carbonyl (C=O) groups is 1. The Hall–Kier alpha value is -2.60. The number of hydrogen-bond acceptors (Lipinski definition) is 5. The number of nitrogens with zero attached hydrogens (tertiary/aromatic N) is 1. The summed E-state index contributed by atoms with van der Waals surface area (Å²) in [5.74, 6) is -0.443. The maximum absolute atomic E-state index is 12.0. The van der Waals surface area contributed by atoms with Gasteiger partial charge in [-0.25, -0.2) is 4.98 Å². The van der Waals surface area contributed by atoms with Crippen LogP contribution in [0.5, 0.6) is 0 Å². The zero-order valence-electron chi connectivity index (χ0n) is 13.2. The Kier molecular flexibility index (Phi) is 5.18. The zero-order valence-corrected chi connectivity index (χ0v) is 14.0. The van der Waals surface area contributed by atoms with Gasteiger partial charge in [0, 0.05) is 23.4 Å². The molecule has 0 aliphatic heterocycles. The Morgan fingerprint density at radius 3 is 2.43 bits per heavy atom. The van der Waals surface area contributed by atoms with E-state index in [-0.39, 0.29) is 5.57 Å². The molecule has 0 spiro atoms. The van der Waals surface area contributed by atoms with Gasteiger partial charge in [0.25, 0.3) is 5.91 Å². The molecule has 0 aliphatic carbocycles. The van der Waals surface area contributed by atoms with Crippen molar-refractivity contribution in [3.05, 3.63) is 45.9 Å². The monoisotopic (exact) mass is 326 g/mol. The van der Waals surface area contributed by atoms with E-state index in [9.17, 15) is 4.79 Å². The van der Waals surface area contributed by atoms with Crippen LogP contribution in [-0.4, -0.2) is 23.3 Å². The molecule has 1 aromatic carbocycles. The Morgan fingerprint density at radius 1 is 1.22 bits per heavy atom. The summed E-state index contributed by atoms with van der Waals surface area (Å²) in [6.45, 7) is 6.16. The van der Waals surface area contributed by atoms with Crippen LogP contribution >= 0.6 is 11.3 Å². The Bertz CT molecular complexity index is 782. The molecule has 5 nitrogen and oxygen atoms in total. The van der Waals surface area contributed by atoms with Crippen LogP contribution in [0.1, 0.15) is 16.7 Å². The molecule has 0 atom stereocenters. The summed E-state index contributed by atoms with van der Waals surface area (Å²) in [4.78, 5) is 16.5. The molecule has 0 aliphatic rings. The van der Waals surface area contributed by atoms with Crippen molar-refractivity contribution in [3.8, 4) is 11.3 Å². The van der Waals surface area contributed by atoms with Crippen molar-refractivity contribution in [2.24, 2.45) is 0 Å². The van der Waals surface area contributed by atoms with E-state index in [0.29, 0.717) is 5.13 Å². The summed E-state index contributed by atoms with van der Waals surface area (Å²) in [6.07, 6.45) is 3.17. The molecule has 0 saturated carbocycles. The van der Waals surface area contributed by atoms with Gasteiger partial charge in [-0.1, -0.05) is 17.7 Å². The first-order chi connectivity index (χ1) is 11.0. The Balaban J connectivity index is 2.29. The first kappa shape index (κ1) is 16.8. The number of amides is 1. The molecule has 6 heteroatoms. The average Bonchev–Trinajstić information content (AvgIpc) is 2.91. The maximum Gasteiger partial charge on any atom is 0.259 e. The van der Waals surface area contributed by atoms with Gasteiger partial charge in [0.05, 0.1) is 11.3 Å². The fourth-order valence-electron chi connectivity index (χ4n) is 2.48. The summed E-state index contributed by atoms with van der Waals surface area (Å²) in [5, 5.41) is 19.2. The zero-order chi connectivity index (χ0) is 17.0. The lowest BCUT2D eigenvalue weighted by molar-refractivity contribution is -0.112. The lowest BCUT2D eigenvalue weighted by atomic mass is 9.98. The first-order valence-electron chi connectivity index (χ1n) is 7.02. The van der Waals surface area contributed by atoms with E-state index < -0.39 is 5.91 Å². The minimum atomic E-state index is -0.443. The molecule has 0 fully saturated rings. The topological polar surface area (TPSA) is 89.7 Å². The second-order valence-electron chi connectivity index (χ2n) is 5.20. The van der Waals surface area contributed by atoms with Crippen LogP contribution in [0.25, 0.3) is 11.3 Å². The first-order valence-corrected chi connectivity index (χ1v) is 7.90. The van der Waals surface area contributed by atoms with Crippen LogP contribution < -0.4 is 5.32 Å². The van der Waals surface area contributed by atoms with E-state index in [2.05, 4.69) is 29.4 Å².